The highest BCUT2D eigenvalue weighted by Crippen LogP contribution is 2.36. The van der Waals surface area contributed by atoms with Gasteiger partial charge in [-0.3, -0.25) is 4.79 Å². The van der Waals surface area contributed by atoms with Crippen LogP contribution in [0.3, 0.4) is 0 Å². The number of aliphatic carboxylic acids is 1. The van der Waals surface area contributed by atoms with Crippen LogP contribution in [0.15, 0.2) is 24.3 Å². The molecule has 23 heavy (non-hydrogen) atoms. The van der Waals surface area contributed by atoms with Crippen LogP contribution in [-0.2, 0) is 14.6 Å². The normalized spacial score (nSPS) is 30.1. The number of rotatable bonds is 9. The maximum Gasteiger partial charge on any atom is 0.306 e. The fraction of sp³-hybridized carbons (Fsp3) is 0.737. The molecule has 1 rings (SSSR count). The first-order valence-electron chi connectivity index (χ1n) is 8.87. The number of hydrogen-bond donors (Lipinski definition) is 1. The predicted molar refractivity (Wildman–Crippen MR) is 92.0 cm³/mol. The molecular formula is C19H32O4. The van der Waals surface area contributed by atoms with E-state index in [2.05, 4.69) is 45.1 Å². The summed E-state index contributed by atoms with van der Waals surface area (Å²) in [5.74, 6) is -0.133. The van der Waals surface area contributed by atoms with Gasteiger partial charge in [0.05, 0.1) is 6.42 Å². The standard InChI is InChI=1S/C19H32O4/c1-5-8-10-16(6-2)11-9-12-19(7-3)14-15(4)17(22-23-19)13-18(20)21/h8-10,12,15-17H,5-7,11,13-14H2,1-4H3,(H,20,21)/b10-8+,12-9+/t15-,16?,17+,19-/m0/s1. The van der Waals surface area contributed by atoms with Crippen molar-refractivity contribution < 1.29 is 19.7 Å². The second-order valence-electron chi connectivity index (χ2n) is 6.56. The summed E-state index contributed by atoms with van der Waals surface area (Å²) >= 11 is 0. The van der Waals surface area contributed by atoms with Crippen molar-refractivity contribution in [2.24, 2.45) is 11.8 Å². The lowest BCUT2D eigenvalue weighted by Gasteiger charge is -2.39. The Kier molecular flexibility index (Phi) is 8.56. The van der Waals surface area contributed by atoms with Gasteiger partial charge in [0.25, 0.3) is 0 Å². The van der Waals surface area contributed by atoms with Crippen molar-refractivity contribution in [1.82, 2.24) is 0 Å². The summed E-state index contributed by atoms with van der Waals surface area (Å²) in [7, 11) is 0. The second-order valence-corrected chi connectivity index (χ2v) is 6.56. The summed E-state index contributed by atoms with van der Waals surface area (Å²) in [6.07, 6.45) is 13.2. The molecule has 0 aromatic rings. The van der Waals surface area contributed by atoms with E-state index in [1.54, 1.807) is 0 Å². The molecule has 4 nitrogen and oxygen atoms in total. The zero-order chi connectivity index (χ0) is 17.3. The SMILES string of the molecule is CC/C=C/C(CC)C/C=C/[C@@]1(CC)C[C@H](C)[C@@H](CC(=O)O)OO1. The summed E-state index contributed by atoms with van der Waals surface area (Å²) in [5.41, 5.74) is -0.429. The predicted octanol–water partition coefficient (Wildman–Crippen LogP) is 4.91. The molecule has 1 heterocycles. The molecule has 1 saturated heterocycles. The van der Waals surface area contributed by atoms with Gasteiger partial charge in [-0.1, -0.05) is 52.0 Å². The number of carbonyl (C=O) groups is 1. The van der Waals surface area contributed by atoms with Crippen LogP contribution < -0.4 is 0 Å². The molecule has 1 aliphatic rings. The molecule has 0 aliphatic carbocycles. The first-order chi connectivity index (χ1) is 11.0. The minimum Gasteiger partial charge on any atom is -0.481 e. The highest BCUT2D eigenvalue weighted by molar-refractivity contribution is 5.67. The van der Waals surface area contributed by atoms with Gasteiger partial charge in [-0.25, -0.2) is 9.78 Å². The average molecular weight is 324 g/mol. The third-order valence-corrected chi connectivity index (χ3v) is 4.64. The van der Waals surface area contributed by atoms with Crippen LogP contribution >= 0.6 is 0 Å². The zero-order valence-corrected chi connectivity index (χ0v) is 15.0. The first kappa shape index (κ1) is 19.9. The van der Waals surface area contributed by atoms with E-state index in [0.717, 1.165) is 32.1 Å². The van der Waals surface area contributed by atoms with Gasteiger partial charge in [-0.05, 0) is 43.9 Å². The molecule has 132 valence electrons. The molecule has 1 unspecified atom stereocenters. The number of hydrogen-bond acceptors (Lipinski definition) is 3. The Morgan fingerprint density at radius 1 is 1.35 bits per heavy atom. The molecule has 0 spiro atoms. The number of carboxylic acid groups (broad SMARTS) is 1. The molecule has 1 aliphatic heterocycles. The van der Waals surface area contributed by atoms with E-state index in [4.69, 9.17) is 14.9 Å². The van der Waals surface area contributed by atoms with E-state index in [1.165, 1.54) is 0 Å². The van der Waals surface area contributed by atoms with Gasteiger partial charge in [-0.2, -0.15) is 0 Å². The van der Waals surface area contributed by atoms with Crippen molar-refractivity contribution in [3.63, 3.8) is 0 Å². The molecule has 0 amide bonds. The lowest BCUT2D eigenvalue weighted by Crippen LogP contribution is -2.43. The fourth-order valence-corrected chi connectivity index (χ4v) is 2.95. The molecule has 4 atom stereocenters. The van der Waals surface area contributed by atoms with Crippen LogP contribution in [0.4, 0.5) is 0 Å². The van der Waals surface area contributed by atoms with E-state index in [9.17, 15) is 4.79 Å². The molecule has 0 bridgehead atoms. The molecule has 4 heteroatoms. The number of carboxylic acids is 1. The van der Waals surface area contributed by atoms with Crippen molar-refractivity contribution in [2.75, 3.05) is 0 Å². The summed E-state index contributed by atoms with van der Waals surface area (Å²) in [5, 5.41) is 8.92. The lowest BCUT2D eigenvalue weighted by molar-refractivity contribution is -0.408. The summed E-state index contributed by atoms with van der Waals surface area (Å²) in [4.78, 5) is 21.9. The number of allylic oxidation sites excluding steroid dienone is 3. The van der Waals surface area contributed by atoms with E-state index >= 15 is 0 Å². The van der Waals surface area contributed by atoms with E-state index < -0.39 is 11.6 Å². The molecule has 0 saturated carbocycles. The minimum absolute atomic E-state index is 0.00953. The monoisotopic (exact) mass is 324 g/mol. The highest BCUT2D eigenvalue weighted by Gasteiger charge is 2.39. The first-order valence-corrected chi connectivity index (χ1v) is 8.87. The van der Waals surface area contributed by atoms with Gasteiger partial charge < -0.3 is 5.11 Å². The second kappa shape index (κ2) is 9.89. The van der Waals surface area contributed by atoms with Crippen LogP contribution in [0, 0.1) is 11.8 Å². The molecule has 0 aromatic heterocycles. The summed E-state index contributed by atoms with van der Waals surface area (Å²) < 4.78 is 0. The molecular weight excluding hydrogens is 292 g/mol. The molecule has 1 fully saturated rings. The van der Waals surface area contributed by atoms with Crippen LogP contribution in [0.2, 0.25) is 0 Å². The Bertz CT molecular complexity index is 416. The summed E-state index contributed by atoms with van der Waals surface area (Å²) in [6, 6.07) is 0. The van der Waals surface area contributed by atoms with Crippen molar-refractivity contribution in [1.29, 1.82) is 0 Å². The fourth-order valence-electron chi connectivity index (χ4n) is 2.95. The maximum absolute atomic E-state index is 10.9. The van der Waals surface area contributed by atoms with Crippen molar-refractivity contribution in [3.8, 4) is 0 Å². The van der Waals surface area contributed by atoms with Crippen LogP contribution in [-0.4, -0.2) is 22.8 Å². The topological polar surface area (TPSA) is 55.8 Å². The maximum atomic E-state index is 10.9. The van der Waals surface area contributed by atoms with Gasteiger partial charge in [0.2, 0.25) is 0 Å². The Morgan fingerprint density at radius 3 is 2.61 bits per heavy atom. The Balaban J connectivity index is 2.63. The molecule has 0 radical (unpaired) electrons. The molecule has 1 N–H and O–H groups in total. The van der Waals surface area contributed by atoms with Crippen molar-refractivity contribution >= 4 is 5.97 Å². The quantitative estimate of drug-likeness (QED) is 0.484. The van der Waals surface area contributed by atoms with Crippen LogP contribution in [0.1, 0.15) is 66.2 Å². The van der Waals surface area contributed by atoms with E-state index in [1.807, 2.05) is 6.92 Å². The van der Waals surface area contributed by atoms with Gasteiger partial charge >= 0.3 is 5.97 Å². The smallest absolute Gasteiger partial charge is 0.306 e. The summed E-state index contributed by atoms with van der Waals surface area (Å²) in [6.45, 7) is 8.46. The van der Waals surface area contributed by atoms with Gasteiger partial charge in [0, 0.05) is 0 Å². The van der Waals surface area contributed by atoms with Gasteiger partial charge in [0.15, 0.2) is 0 Å². The molecule has 0 aromatic carbocycles. The van der Waals surface area contributed by atoms with Crippen molar-refractivity contribution in [2.45, 2.75) is 77.9 Å². The lowest BCUT2D eigenvalue weighted by atomic mass is 9.83. The average Bonchev–Trinajstić information content (AvgIpc) is 2.53. The largest absolute Gasteiger partial charge is 0.481 e. The Labute approximate surface area is 140 Å². The Hall–Kier alpha value is -1.13. The zero-order valence-electron chi connectivity index (χ0n) is 15.0. The highest BCUT2D eigenvalue weighted by atomic mass is 17.2. The third-order valence-electron chi connectivity index (χ3n) is 4.64. The Morgan fingerprint density at radius 2 is 2.09 bits per heavy atom. The van der Waals surface area contributed by atoms with Gasteiger partial charge in [-0.15, -0.1) is 0 Å². The van der Waals surface area contributed by atoms with Crippen LogP contribution in [0.25, 0.3) is 0 Å². The minimum atomic E-state index is -0.849. The van der Waals surface area contributed by atoms with Crippen molar-refractivity contribution in [3.05, 3.63) is 24.3 Å². The van der Waals surface area contributed by atoms with Crippen LogP contribution in [0.5, 0.6) is 0 Å². The third kappa shape index (κ3) is 6.48. The van der Waals surface area contributed by atoms with E-state index in [-0.39, 0.29) is 18.4 Å². The van der Waals surface area contributed by atoms with Gasteiger partial charge in [0.1, 0.15) is 11.7 Å². The van der Waals surface area contributed by atoms with E-state index in [0.29, 0.717) is 5.92 Å².